The average molecular weight is 438 g/mol. The molecule has 0 unspecified atom stereocenters. The molecular weight excluding hydrogens is 420 g/mol. The predicted molar refractivity (Wildman–Crippen MR) is 106 cm³/mol. The van der Waals surface area contributed by atoms with E-state index in [1.807, 2.05) is 25.1 Å². The van der Waals surface area contributed by atoms with Gasteiger partial charge in [0.15, 0.2) is 6.61 Å². The summed E-state index contributed by atoms with van der Waals surface area (Å²) >= 11 is 9.53. The van der Waals surface area contributed by atoms with E-state index in [1.54, 1.807) is 24.0 Å². The third-order valence-electron chi connectivity index (χ3n) is 4.18. The monoisotopic (exact) mass is 436 g/mol. The first-order chi connectivity index (χ1) is 12.3. The largest absolute Gasteiger partial charge is 0.482 e. The number of carbonyl (C=O) groups is 2. The second kappa shape index (κ2) is 7.68. The van der Waals surface area contributed by atoms with Gasteiger partial charge in [-0.15, -0.1) is 0 Å². The van der Waals surface area contributed by atoms with Gasteiger partial charge in [-0.2, -0.15) is 0 Å². The summed E-state index contributed by atoms with van der Waals surface area (Å²) in [7, 11) is 0. The number of aryl methyl sites for hydroxylation is 1. The predicted octanol–water partition coefficient (Wildman–Crippen LogP) is 4.34. The third kappa shape index (κ3) is 4.02. The van der Waals surface area contributed by atoms with Gasteiger partial charge in [0.1, 0.15) is 5.75 Å². The molecule has 0 saturated carbocycles. The van der Waals surface area contributed by atoms with Gasteiger partial charge < -0.3 is 15.0 Å². The molecule has 3 rings (SSSR count). The fourth-order valence-electron chi connectivity index (χ4n) is 3.01. The Labute approximate surface area is 165 Å². The minimum Gasteiger partial charge on any atom is -0.482 e. The van der Waals surface area contributed by atoms with E-state index in [2.05, 4.69) is 21.2 Å². The highest BCUT2D eigenvalue weighted by Crippen LogP contribution is 2.32. The van der Waals surface area contributed by atoms with Gasteiger partial charge in [-0.1, -0.05) is 27.5 Å². The van der Waals surface area contributed by atoms with E-state index in [9.17, 15) is 9.59 Å². The van der Waals surface area contributed by atoms with Crippen LogP contribution in [-0.4, -0.2) is 25.0 Å². The molecule has 26 heavy (non-hydrogen) atoms. The van der Waals surface area contributed by atoms with Crippen molar-refractivity contribution in [3.63, 3.8) is 0 Å². The van der Waals surface area contributed by atoms with Gasteiger partial charge in [0, 0.05) is 29.3 Å². The van der Waals surface area contributed by atoms with Crippen molar-refractivity contribution in [1.82, 2.24) is 0 Å². The summed E-state index contributed by atoms with van der Waals surface area (Å²) in [5.74, 6) is 0.247. The molecule has 0 fully saturated rings. The highest BCUT2D eigenvalue weighted by molar-refractivity contribution is 9.10. The number of halogens is 2. The van der Waals surface area contributed by atoms with Crippen LogP contribution in [0.25, 0.3) is 0 Å². The molecule has 2 aromatic carbocycles. The number of amides is 2. The Morgan fingerprint density at radius 2 is 2.08 bits per heavy atom. The van der Waals surface area contributed by atoms with E-state index in [4.69, 9.17) is 16.3 Å². The molecule has 1 heterocycles. The van der Waals surface area contributed by atoms with Crippen molar-refractivity contribution in [3.8, 4) is 5.75 Å². The van der Waals surface area contributed by atoms with Gasteiger partial charge in [-0.25, -0.2) is 0 Å². The first-order valence-corrected chi connectivity index (χ1v) is 9.31. The lowest BCUT2D eigenvalue weighted by molar-refractivity contribution is -0.118. The van der Waals surface area contributed by atoms with Crippen molar-refractivity contribution in [2.45, 2.75) is 20.3 Å². The Kier molecular flexibility index (Phi) is 5.53. The zero-order chi connectivity index (χ0) is 18.8. The highest BCUT2D eigenvalue weighted by atomic mass is 79.9. The number of anilines is 2. The summed E-state index contributed by atoms with van der Waals surface area (Å²) in [5.41, 5.74) is 3.48. The van der Waals surface area contributed by atoms with Gasteiger partial charge in [0.25, 0.3) is 5.91 Å². The molecule has 0 aliphatic carbocycles. The van der Waals surface area contributed by atoms with Crippen LogP contribution in [0.5, 0.6) is 5.75 Å². The number of carbonyl (C=O) groups excluding carboxylic acids is 2. The van der Waals surface area contributed by atoms with E-state index >= 15 is 0 Å². The molecule has 0 bridgehead atoms. The van der Waals surface area contributed by atoms with E-state index < -0.39 is 0 Å². The maximum Gasteiger partial charge on any atom is 0.262 e. The Morgan fingerprint density at radius 3 is 2.77 bits per heavy atom. The van der Waals surface area contributed by atoms with Crippen LogP contribution in [-0.2, 0) is 16.0 Å². The number of nitrogens with one attached hydrogen (secondary N) is 1. The fourth-order valence-corrected chi connectivity index (χ4v) is 4.04. The van der Waals surface area contributed by atoms with Crippen LogP contribution in [0.4, 0.5) is 11.4 Å². The van der Waals surface area contributed by atoms with Crippen LogP contribution < -0.4 is 15.0 Å². The number of hydrogen-bond donors (Lipinski definition) is 1. The highest BCUT2D eigenvalue weighted by Gasteiger charge is 2.22. The van der Waals surface area contributed by atoms with Crippen LogP contribution in [0.3, 0.4) is 0 Å². The molecule has 0 saturated heterocycles. The van der Waals surface area contributed by atoms with Crippen molar-refractivity contribution >= 4 is 50.7 Å². The van der Waals surface area contributed by atoms with Crippen LogP contribution in [0, 0.1) is 6.92 Å². The number of nitrogens with zero attached hydrogens (tertiary/aromatic N) is 1. The van der Waals surface area contributed by atoms with Crippen molar-refractivity contribution in [3.05, 3.63) is 51.0 Å². The number of ether oxygens (including phenoxy) is 1. The lowest BCUT2D eigenvalue weighted by Crippen LogP contribution is -2.25. The summed E-state index contributed by atoms with van der Waals surface area (Å²) in [5, 5.41) is 3.27. The molecule has 0 radical (unpaired) electrons. The van der Waals surface area contributed by atoms with Crippen LogP contribution in [0.15, 0.2) is 34.8 Å². The van der Waals surface area contributed by atoms with Gasteiger partial charge in [-0.05, 0) is 54.8 Å². The van der Waals surface area contributed by atoms with Crippen LogP contribution in [0.1, 0.15) is 18.1 Å². The van der Waals surface area contributed by atoms with Crippen molar-refractivity contribution in [2.24, 2.45) is 0 Å². The van der Waals surface area contributed by atoms with Crippen LogP contribution >= 0.6 is 27.5 Å². The lowest BCUT2D eigenvalue weighted by Gasteiger charge is -2.15. The van der Waals surface area contributed by atoms with E-state index in [-0.39, 0.29) is 18.4 Å². The van der Waals surface area contributed by atoms with Crippen molar-refractivity contribution in [2.75, 3.05) is 23.4 Å². The summed E-state index contributed by atoms with van der Waals surface area (Å²) in [4.78, 5) is 25.5. The van der Waals surface area contributed by atoms with Crippen molar-refractivity contribution in [1.29, 1.82) is 0 Å². The Hall–Kier alpha value is -2.05. The van der Waals surface area contributed by atoms with Gasteiger partial charge in [0.05, 0.1) is 5.02 Å². The molecule has 1 aliphatic rings. The number of hydrogen-bond acceptors (Lipinski definition) is 3. The zero-order valence-corrected chi connectivity index (χ0v) is 16.8. The molecule has 5 nitrogen and oxygen atoms in total. The van der Waals surface area contributed by atoms with Gasteiger partial charge >= 0.3 is 0 Å². The number of benzene rings is 2. The summed E-state index contributed by atoms with van der Waals surface area (Å²) in [6, 6.07) is 9.14. The van der Waals surface area contributed by atoms with E-state index in [0.29, 0.717) is 23.0 Å². The molecule has 2 amide bonds. The summed E-state index contributed by atoms with van der Waals surface area (Å²) in [6.45, 7) is 3.95. The fraction of sp³-hybridized carbons (Fsp3) is 0.263. The Balaban J connectivity index is 1.64. The van der Waals surface area contributed by atoms with Crippen LogP contribution in [0.2, 0.25) is 5.02 Å². The second-order valence-corrected chi connectivity index (χ2v) is 7.46. The molecular formula is C19H18BrClN2O3. The molecule has 1 aliphatic heterocycles. The lowest BCUT2D eigenvalue weighted by atomic mass is 10.1. The molecule has 136 valence electrons. The molecule has 7 heteroatoms. The second-order valence-electron chi connectivity index (χ2n) is 6.13. The Bertz CT molecular complexity index is 862. The standard InChI is InChI=1S/C19H18BrClN2O3/c1-11-7-14(20)9-16(21)19(11)26-10-18(25)22-15-3-4-17-13(8-15)5-6-23(17)12(2)24/h3-4,7-9H,5-6,10H2,1-2H3,(H,22,25). The van der Waals surface area contributed by atoms with E-state index in [0.717, 1.165) is 27.7 Å². The average Bonchev–Trinajstić information content (AvgIpc) is 2.97. The van der Waals surface area contributed by atoms with Crippen molar-refractivity contribution < 1.29 is 14.3 Å². The minimum absolute atomic E-state index is 0.0238. The molecule has 0 spiro atoms. The van der Waals surface area contributed by atoms with Gasteiger partial charge in [0.2, 0.25) is 5.91 Å². The SMILES string of the molecule is CC(=O)N1CCc2cc(NC(=O)COc3c(C)cc(Br)cc3Cl)ccc21. The first kappa shape index (κ1) is 18.7. The molecule has 1 N–H and O–H groups in total. The topological polar surface area (TPSA) is 58.6 Å². The maximum absolute atomic E-state index is 12.2. The first-order valence-electron chi connectivity index (χ1n) is 8.14. The quantitative estimate of drug-likeness (QED) is 0.774. The van der Waals surface area contributed by atoms with E-state index in [1.165, 1.54) is 0 Å². The number of rotatable bonds is 4. The normalized spacial score (nSPS) is 12.7. The zero-order valence-electron chi connectivity index (χ0n) is 14.4. The molecule has 0 aromatic heterocycles. The molecule has 2 aromatic rings. The minimum atomic E-state index is -0.273. The summed E-state index contributed by atoms with van der Waals surface area (Å²) in [6.07, 6.45) is 0.781. The maximum atomic E-state index is 12.2. The third-order valence-corrected chi connectivity index (χ3v) is 4.92. The smallest absolute Gasteiger partial charge is 0.262 e. The number of fused-ring (bicyclic) bond motifs is 1. The van der Waals surface area contributed by atoms with Gasteiger partial charge in [-0.3, -0.25) is 9.59 Å². The molecule has 0 atom stereocenters. The summed E-state index contributed by atoms with van der Waals surface area (Å²) < 4.78 is 6.44. The Morgan fingerprint density at radius 1 is 1.31 bits per heavy atom.